The van der Waals surface area contributed by atoms with Crippen LogP contribution in [0.3, 0.4) is 0 Å². The van der Waals surface area contributed by atoms with Gasteiger partial charge in [-0.3, -0.25) is 9.69 Å². The molecule has 2 atom stereocenters. The van der Waals surface area contributed by atoms with Gasteiger partial charge in [-0.05, 0) is 86.3 Å². The van der Waals surface area contributed by atoms with Gasteiger partial charge in [-0.1, -0.05) is 24.9 Å². The van der Waals surface area contributed by atoms with Crippen LogP contribution in [0.4, 0.5) is 5.69 Å². The van der Waals surface area contributed by atoms with Crippen LogP contribution in [0.15, 0.2) is 41.3 Å². The van der Waals surface area contributed by atoms with Gasteiger partial charge in [0.05, 0.1) is 37.3 Å². The van der Waals surface area contributed by atoms with Crippen molar-refractivity contribution in [3.63, 3.8) is 0 Å². The van der Waals surface area contributed by atoms with Crippen molar-refractivity contribution in [2.75, 3.05) is 46.1 Å². The van der Waals surface area contributed by atoms with E-state index in [1.165, 1.54) is 18.6 Å². The standard InChI is InChI=1S/C31H40ClN3O6S/c1-3-24(36)8-7-16-39-18-19-40-17-13-34-42(37,38)26-11-9-25(10-12-26)41-31-28-20-23(32)21-29(33-2)27(28)22-30(31)35-14-5-4-6-15-35/h9-12,20-21,30-31,34H,3-8,13-19,22H2,1H3/t30-,31-/m0/s1. The molecule has 11 heteroatoms. The van der Waals surface area contributed by atoms with Gasteiger partial charge in [-0.15, -0.1) is 0 Å². The molecule has 1 fully saturated rings. The maximum atomic E-state index is 12.8. The minimum atomic E-state index is -3.72. The van der Waals surface area contributed by atoms with Crippen molar-refractivity contribution >= 4 is 33.1 Å². The number of Topliss-reactive ketones (excluding diaryl/α,β-unsaturated/α-hetero) is 1. The van der Waals surface area contributed by atoms with Gasteiger partial charge in [0.1, 0.15) is 17.6 Å². The number of carbonyl (C=O) groups excluding carboxylic acids is 1. The molecule has 1 saturated heterocycles. The van der Waals surface area contributed by atoms with E-state index in [0.29, 0.717) is 55.5 Å². The maximum absolute atomic E-state index is 12.8. The van der Waals surface area contributed by atoms with Crippen LogP contribution in [0.25, 0.3) is 4.85 Å². The number of benzene rings is 2. The third kappa shape index (κ3) is 8.75. The topological polar surface area (TPSA) is 98.5 Å². The highest BCUT2D eigenvalue weighted by Crippen LogP contribution is 2.44. The Kier molecular flexibility index (Phi) is 12.2. The summed E-state index contributed by atoms with van der Waals surface area (Å²) in [5.41, 5.74) is 2.48. The van der Waals surface area contributed by atoms with E-state index in [4.69, 9.17) is 32.4 Å². The third-order valence-electron chi connectivity index (χ3n) is 7.72. The second-order valence-electron chi connectivity index (χ2n) is 10.6. The Morgan fingerprint density at radius 2 is 1.79 bits per heavy atom. The van der Waals surface area contributed by atoms with E-state index in [-0.39, 0.29) is 36.0 Å². The van der Waals surface area contributed by atoms with Crippen molar-refractivity contribution < 1.29 is 27.4 Å². The van der Waals surface area contributed by atoms with Gasteiger partial charge in [-0.2, -0.15) is 0 Å². The molecule has 228 valence electrons. The van der Waals surface area contributed by atoms with Crippen LogP contribution >= 0.6 is 11.6 Å². The van der Waals surface area contributed by atoms with Crippen molar-refractivity contribution in [2.24, 2.45) is 0 Å². The number of sulfonamides is 1. The van der Waals surface area contributed by atoms with Gasteiger partial charge < -0.3 is 14.2 Å². The molecule has 0 unspecified atom stereocenters. The van der Waals surface area contributed by atoms with E-state index in [1.807, 2.05) is 13.0 Å². The van der Waals surface area contributed by atoms with E-state index in [1.54, 1.807) is 18.2 Å². The molecule has 2 aromatic rings. The molecule has 1 aliphatic heterocycles. The molecule has 2 aromatic carbocycles. The van der Waals surface area contributed by atoms with Crippen LogP contribution in [0, 0.1) is 6.57 Å². The number of hydrogen-bond donors (Lipinski definition) is 1. The van der Waals surface area contributed by atoms with Crippen molar-refractivity contribution in [3.8, 4) is 5.75 Å². The minimum Gasteiger partial charge on any atom is -0.484 e. The number of hydrogen-bond acceptors (Lipinski definition) is 7. The molecule has 0 aromatic heterocycles. The number of carbonyl (C=O) groups is 1. The van der Waals surface area contributed by atoms with E-state index in [0.717, 1.165) is 43.5 Å². The first-order valence-corrected chi connectivity index (χ1v) is 16.6. The second-order valence-corrected chi connectivity index (χ2v) is 12.8. The van der Waals surface area contributed by atoms with Crippen molar-refractivity contribution in [2.45, 2.75) is 68.9 Å². The van der Waals surface area contributed by atoms with E-state index in [2.05, 4.69) is 14.5 Å². The Hall–Kier alpha value is -2.52. The Morgan fingerprint density at radius 1 is 1.07 bits per heavy atom. The van der Waals surface area contributed by atoms with Crippen LogP contribution in [0.2, 0.25) is 5.02 Å². The third-order valence-corrected chi connectivity index (χ3v) is 9.42. The van der Waals surface area contributed by atoms with Crippen LogP contribution in [0.5, 0.6) is 5.75 Å². The van der Waals surface area contributed by atoms with Gasteiger partial charge in [0, 0.05) is 31.0 Å². The molecule has 2 aliphatic rings. The molecule has 0 spiro atoms. The molecule has 9 nitrogen and oxygen atoms in total. The predicted molar refractivity (Wildman–Crippen MR) is 162 cm³/mol. The molecule has 0 bridgehead atoms. The summed E-state index contributed by atoms with van der Waals surface area (Å²) in [5, 5.41) is 0.511. The monoisotopic (exact) mass is 617 g/mol. The molecule has 1 aliphatic carbocycles. The lowest BCUT2D eigenvalue weighted by molar-refractivity contribution is -0.119. The quantitative estimate of drug-likeness (QED) is 0.196. The number of ketones is 1. The zero-order chi connectivity index (χ0) is 30.0. The van der Waals surface area contributed by atoms with Gasteiger partial charge in [0.2, 0.25) is 10.0 Å². The fourth-order valence-electron chi connectivity index (χ4n) is 5.50. The van der Waals surface area contributed by atoms with E-state index < -0.39 is 10.0 Å². The van der Waals surface area contributed by atoms with Crippen LogP contribution in [0.1, 0.15) is 62.7 Å². The lowest BCUT2D eigenvalue weighted by atomic mass is 10.0. The number of likely N-dealkylation sites (tertiary alicyclic amines) is 1. The van der Waals surface area contributed by atoms with Gasteiger partial charge in [-0.25, -0.2) is 18.0 Å². The summed E-state index contributed by atoms with van der Waals surface area (Å²) in [6.45, 7) is 13.1. The Labute approximate surface area is 254 Å². The molecule has 0 saturated carbocycles. The fourth-order valence-corrected chi connectivity index (χ4v) is 6.73. The highest BCUT2D eigenvalue weighted by atomic mass is 35.5. The lowest BCUT2D eigenvalue weighted by Crippen LogP contribution is -2.43. The smallest absolute Gasteiger partial charge is 0.240 e. The minimum absolute atomic E-state index is 0.0833. The molecule has 0 amide bonds. The van der Waals surface area contributed by atoms with Crippen LogP contribution in [-0.4, -0.2) is 71.2 Å². The fraction of sp³-hybridized carbons (Fsp3) is 0.548. The Morgan fingerprint density at radius 3 is 2.48 bits per heavy atom. The Bertz CT molecular complexity index is 1340. The summed E-state index contributed by atoms with van der Waals surface area (Å²) in [5.74, 6) is 0.785. The van der Waals surface area contributed by atoms with Gasteiger partial charge in [0.15, 0.2) is 5.69 Å². The molecular weight excluding hydrogens is 578 g/mol. The summed E-state index contributed by atoms with van der Waals surface area (Å²) < 4.78 is 45.5. The average Bonchev–Trinajstić information content (AvgIpc) is 3.35. The van der Waals surface area contributed by atoms with Crippen molar-refractivity contribution in [3.05, 3.63) is 64.0 Å². The number of piperidine rings is 1. The number of halogens is 1. The second kappa shape index (κ2) is 15.8. The highest BCUT2D eigenvalue weighted by molar-refractivity contribution is 7.89. The molecule has 42 heavy (non-hydrogen) atoms. The summed E-state index contributed by atoms with van der Waals surface area (Å²) >= 11 is 6.38. The Balaban J connectivity index is 1.29. The van der Waals surface area contributed by atoms with Crippen LogP contribution in [-0.2, 0) is 30.7 Å². The summed E-state index contributed by atoms with van der Waals surface area (Å²) in [6, 6.07) is 10.1. The zero-order valence-corrected chi connectivity index (χ0v) is 25.7. The van der Waals surface area contributed by atoms with Gasteiger partial charge in [0.25, 0.3) is 0 Å². The first-order valence-electron chi connectivity index (χ1n) is 14.7. The van der Waals surface area contributed by atoms with Crippen molar-refractivity contribution in [1.82, 2.24) is 9.62 Å². The zero-order valence-electron chi connectivity index (χ0n) is 24.1. The maximum Gasteiger partial charge on any atom is 0.240 e. The van der Waals surface area contributed by atoms with E-state index in [9.17, 15) is 13.2 Å². The summed E-state index contributed by atoms with van der Waals surface area (Å²) in [4.78, 5) is 17.6. The molecule has 1 N–H and O–H groups in total. The van der Waals surface area contributed by atoms with Gasteiger partial charge >= 0.3 is 0 Å². The SMILES string of the molecule is [C-]#[N+]c1cc(Cl)cc2c1C[C@H](N1CCCCC1)[C@H]2Oc1ccc(S(=O)(=O)NCCOCCOCCCC(=O)CC)cc1. The normalized spacial score (nSPS) is 18.9. The molecule has 1 heterocycles. The largest absolute Gasteiger partial charge is 0.484 e. The predicted octanol–water partition coefficient (Wildman–Crippen LogP) is 5.49. The number of nitrogens with one attached hydrogen (secondary N) is 1. The first kappa shape index (κ1) is 32.4. The lowest BCUT2D eigenvalue weighted by Gasteiger charge is -2.36. The summed E-state index contributed by atoms with van der Waals surface area (Å²) in [6.07, 6.45) is 5.67. The highest BCUT2D eigenvalue weighted by Gasteiger charge is 2.40. The molecule has 0 radical (unpaired) electrons. The number of ether oxygens (including phenoxy) is 3. The summed E-state index contributed by atoms with van der Waals surface area (Å²) in [7, 11) is -3.72. The number of fused-ring (bicyclic) bond motifs is 1. The van der Waals surface area contributed by atoms with E-state index >= 15 is 0 Å². The molecule has 4 rings (SSSR count). The van der Waals surface area contributed by atoms with Crippen molar-refractivity contribution in [1.29, 1.82) is 0 Å². The first-order chi connectivity index (χ1) is 20.3. The number of rotatable bonds is 16. The molecular formula is C31H40ClN3O6S. The van der Waals surface area contributed by atoms with Crippen LogP contribution < -0.4 is 9.46 Å². The number of nitrogens with zero attached hydrogens (tertiary/aromatic N) is 2. The average molecular weight is 618 g/mol.